The Kier molecular flexibility index (Phi) is 6.54. The Morgan fingerprint density at radius 3 is 2.50 bits per heavy atom. The summed E-state index contributed by atoms with van der Waals surface area (Å²) in [5.41, 5.74) is 2.41. The maximum absolute atomic E-state index is 12.8. The number of morpholine rings is 1. The van der Waals surface area contributed by atoms with Crippen LogP contribution in [0.3, 0.4) is 0 Å². The number of sulfonamides is 1. The Morgan fingerprint density at radius 2 is 1.78 bits per heavy atom. The number of carbonyl (C=O) groups excluding carboxylic acids is 1. The van der Waals surface area contributed by atoms with Gasteiger partial charge in [-0.05, 0) is 55.0 Å². The van der Waals surface area contributed by atoms with Gasteiger partial charge in [0.25, 0.3) is 0 Å². The van der Waals surface area contributed by atoms with Crippen molar-refractivity contribution in [3.05, 3.63) is 63.2 Å². The highest BCUT2D eigenvalue weighted by atomic mass is 32.2. The molecule has 0 atom stereocenters. The van der Waals surface area contributed by atoms with Crippen molar-refractivity contribution >= 4 is 21.5 Å². The van der Waals surface area contributed by atoms with Crippen LogP contribution in [-0.2, 0) is 27.6 Å². The number of fused-ring (bicyclic) bond motifs is 1. The zero-order valence-electron chi connectivity index (χ0n) is 17.5. The van der Waals surface area contributed by atoms with E-state index in [1.54, 1.807) is 6.07 Å². The number of Topliss-reactive ketones (excluding diaryl/α,β-unsaturated/α-hetero) is 1. The van der Waals surface area contributed by atoms with Gasteiger partial charge in [0, 0.05) is 24.7 Å². The zero-order chi connectivity index (χ0) is 22.7. The number of ether oxygens (including phenoxy) is 2. The number of carbonyl (C=O) groups is 1. The average Bonchev–Trinajstić information content (AvgIpc) is 2.82. The number of rotatable bonds is 7. The van der Waals surface area contributed by atoms with Gasteiger partial charge in [0.15, 0.2) is 18.1 Å². The number of nitrogens with zero attached hydrogens (tertiary/aromatic N) is 2. The second-order valence-electron chi connectivity index (χ2n) is 7.81. The van der Waals surface area contributed by atoms with Gasteiger partial charge in [0.1, 0.15) is 0 Å². The van der Waals surface area contributed by atoms with Crippen molar-refractivity contribution in [3.8, 4) is 5.75 Å². The van der Waals surface area contributed by atoms with Crippen molar-refractivity contribution in [1.29, 1.82) is 0 Å². The number of ketones is 1. The molecule has 0 unspecified atom stereocenters. The summed E-state index contributed by atoms with van der Waals surface area (Å²) in [7, 11) is -3.89. The second kappa shape index (κ2) is 9.35. The summed E-state index contributed by atoms with van der Waals surface area (Å²) in [6.07, 6.45) is 4.17. The van der Waals surface area contributed by atoms with E-state index >= 15 is 0 Å². The van der Waals surface area contributed by atoms with Gasteiger partial charge in [0.05, 0.1) is 23.0 Å². The molecule has 4 rings (SSSR count). The molecule has 1 fully saturated rings. The molecule has 0 amide bonds. The van der Waals surface area contributed by atoms with Crippen LogP contribution < -0.4 is 4.74 Å². The minimum Gasteiger partial charge on any atom is -0.478 e. The van der Waals surface area contributed by atoms with Crippen molar-refractivity contribution in [2.75, 3.05) is 32.9 Å². The monoisotopic (exact) mass is 460 g/mol. The molecular weight excluding hydrogens is 436 g/mol. The Morgan fingerprint density at radius 1 is 1.06 bits per heavy atom. The Labute approximate surface area is 186 Å². The first-order valence-electron chi connectivity index (χ1n) is 10.5. The van der Waals surface area contributed by atoms with E-state index in [4.69, 9.17) is 9.47 Å². The predicted octanol–water partition coefficient (Wildman–Crippen LogP) is 2.76. The summed E-state index contributed by atoms with van der Waals surface area (Å²) in [6.45, 7) is 0.531. The fourth-order valence-corrected chi connectivity index (χ4v) is 5.42. The lowest BCUT2D eigenvalue weighted by Crippen LogP contribution is -2.40. The van der Waals surface area contributed by atoms with Crippen LogP contribution >= 0.6 is 0 Å². The van der Waals surface area contributed by atoms with E-state index in [-0.39, 0.29) is 49.3 Å². The molecule has 0 radical (unpaired) electrons. The van der Waals surface area contributed by atoms with Crippen molar-refractivity contribution < 1.29 is 27.6 Å². The zero-order valence-corrected chi connectivity index (χ0v) is 18.3. The lowest BCUT2D eigenvalue weighted by molar-refractivity contribution is -0.386. The standard InChI is InChI=1S/C22H24N2O7S/c25-21(18-6-5-16-3-1-2-4-17(16)13-18)15-31-22-8-7-19(14-20(22)24(26)27)32(28,29)23-9-11-30-12-10-23/h5-8,13-14H,1-4,9-12,15H2. The molecule has 0 bridgehead atoms. The third-order valence-electron chi connectivity index (χ3n) is 5.76. The molecule has 0 spiro atoms. The summed E-state index contributed by atoms with van der Waals surface area (Å²) < 4.78 is 37.4. The van der Waals surface area contributed by atoms with Crippen LogP contribution in [0.25, 0.3) is 0 Å². The first-order chi connectivity index (χ1) is 15.4. The van der Waals surface area contributed by atoms with Crippen molar-refractivity contribution in [2.24, 2.45) is 0 Å². The molecule has 32 heavy (non-hydrogen) atoms. The summed E-state index contributed by atoms with van der Waals surface area (Å²) >= 11 is 0. The Bertz CT molecular complexity index is 1140. The number of aryl methyl sites for hydroxylation is 2. The molecule has 1 aliphatic carbocycles. The van der Waals surface area contributed by atoms with Gasteiger partial charge in [0.2, 0.25) is 10.0 Å². The molecule has 0 aromatic heterocycles. The van der Waals surface area contributed by atoms with E-state index in [1.165, 1.54) is 22.0 Å². The first kappa shape index (κ1) is 22.4. The molecule has 10 heteroatoms. The van der Waals surface area contributed by atoms with Crippen LogP contribution in [0.2, 0.25) is 0 Å². The van der Waals surface area contributed by atoms with Gasteiger partial charge in [-0.2, -0.15) is 4.31 Å². The number of hydrogen-bond donors (Lipinski definition) is 0. The molecule has 2 aliphatic rings. The van der Waals surface area contributed by atoms with E-state index in [0.29, 0.717) is 5.56 Å². The van der Waals surface area contributed by atoms with Gasteiger partial charge >= 0.3 is 5.69 Å². The molecule has 9 nitrogen and oxygen atoms in total. The largest absolute Gasteiger partial charge is 0.478 e. The molecule has 2 aromatic carbocycles. The molecule has 0 saturated carbocycles. The Balaban J connectivity index is 1.51. The molecule has 2 aromatic rings. The molecule has 0 N–H and O–H groups in total. The van der Waals surface area contributed by atoms with Gasteiger partial charge in [-0.15, -0.1) is 0 Å². The van der Waals surface area contributed by atoms with E-state index in [0.717, 1.165) is 37.3 Å². The quantitative estimate of drug-likeness (QED) is 0.354. The third kappa shape index (κ3) is 4.67. The fourth-order valence-electron chi connectivity index (χ4n) is 3.99. The average molecular weight is 461 g/mol. The smallest absolute Gasteiger partial charge is 0.312 e. The van der Waals surface area contributed by atoms with Crippen LogP contribution in [0.1, 0.15) is 34.3 Å². The first-order valence-corrected chi connectivity index (χ1v) is 11.9. The highest BCUT2D eigenvalue weighted by molar-refractivity contribution is 7.89. The van der Waals surface area contributed by atoms with Crippen LogP contribution in [0, 0.1) is 10.1 Å². The van der Waals surface area contributed by atoms with Crippen molar-refractivity contribution in [1.82, 2.24) is 4.31 Å². The minimum absolute atomic E-state index is 0.151. The fraction of sp³-hybridized carbons (Fsp3) is 0.409. The Hall–Kier alpha value is -2.82. The van der Waals surface area contributed by atoms with Crippen LogP contribution in [0.5, 0.6) is 5.75 Å². The van der Waals surface area contributed by atoms with Gasteiger partial charge in [-0.3, -0.25) is 14.9 Å². The molecular formula is C22H24N2O7S. The highest BCUT2D eigenvalue weighted by Gasteiger charge is 2.29. The molecule has 1 heterocycles. The minimum atomic E-state index is -3.89. The number of hydrogen-bond acceptors (Lipinski definition) is 7. The topological polar surface area (TPSA) is 116 Å². The van der Waals surface area contributed by atoms with E-state index in [2.05, 4.69) is 0 Å². The van der Waals surface area contributed by atoms with Crippen molar-refractivity contribution in [2.45, 2.75) is 30.6 Å². The lowest BCUT2D eigenvalue weighted by atomic mass is 9.90. The molecule has 1 saturated heterocycles. The molecule has 170 valence electrons. The number of nitro groups is 1. The predicted molar refractivity (Wildman–Crippen MR) is 116 cm³/mol. The van der Waals surface area contributed by atoms with E-state index < -0.39 is 20.6 Å². The number of nitro benzene ring substituents is 1. The van der Waals surface area contributed by atoms with E-state index in [1.807, 2.05) is 12.1 Å². The van der Waals surface area contributed by atoms with Crippen LogP contribution in [0.4, 0.5) is 5.69 Å². The summed E-state index contributed by atoms with van der Waals surface area (Å²) in [4.78, 5) is 23.3. The normalized spacial score (nSPS) is 16.9. The van der Waals surface area contributed by atoms with Gasteiger partial charge < -0.3 is 9.47 Å². The maximum atomic E-state index is 12.8. The van der Waals surface area contributed by atoms with Crippen molar-refractivity contribution in [3.63, 3.8) is 0 Å². The second-order valence-corrected chi connectivity index (χ2v) is 9.74. The summed E-state index contributed by atoms with van der Waals surface area (Å²) in [6, 6.07) is 9.04. The SMILES string of the molecule is O=C(COc1ccc(S(=O)(=O)N2CCOCC2)cc1[N+](=O)[O-])c1ccc2c(c1)CCCC2. The van der Waals surface area contributed by atoms with Gasteiger partial charge in [-0.1, -0.05) is 12.1 Å². The molecule has 1 aliphatic heterocycles. The van der Waals surface area contributed by atoms with Crippen LogP contribution in [-0.4, -0.2) is 56.3 Å². The maximum Gasteiger partial charge on any atom is 0.312 e. The third-order valence-corrected chi connectivity index (χ3v) is 7.66. The summed E-state index contributed by atoms with van der Waals surface area (Å²) in [5, 5.41) is 11.6. The van der Waals surface area contributed by atoms with Crippen LogP contribution in [0.15, 0.2) is 41.3 Å². The van der Waals surface area contributed by atoms with Gasteiger partial charge in [-0.25, -0.2) is 8.42 Å². The highest BCUT2D eigenvalue weighted by Crippen LogP contribution is 2.31. The van der Waals surface area contributed by atoms with E-state index in [9.17, 15) is 23.3 Å². The number of benzene rings is 2. The lowest BCUT2D eigenvalue weighted by Gasteiger charge is -2.26. The summed E-state index contributed by atoms with van der Waals surface area (Å²) in [5.74, 6) is -0.445.